The Labute approximate surface area is 189 Å². The van der Waals surface area contributed by atoms with Crippen molar-refractivity contribution >= 4 is 23.3 Å². The highest BCUT2D eigenvalue weighted by Crippen LogP contribution is 2.40. The fraction of sp³-hybridized carbons (Fsp3) is 0.174. The molecule has 0 saturated heterocycles. The largest absolute Gasteiger partial charge is 0.497 e. The van der Waals surface area contributed by atoms with E-state index in [4.69, 9.17) is 16.3 Å². The Morgan fingerprint density at radius 3 is 2.75 bits per heavy atom. The molecule has 1 aliphatic heterocycles. The third-order valence-corrected chi connectivity index (χ3v) is 5.71. The number of carbonyl (C=O) groups excluding carboxylic acids is 1. The minimum absolute atomic E-state index is 0.108. The minimum Gasteiger partial charge on any atom is -0.497 e. The Balaban J connectivity index is 1.59. The number of hydrogen-bond acceptors (Lipinski definition) is 6. The number of aromatic nitrogens is 5. The average Bonchev–Trinajstić information content (AvgIpc) is 3.15. The van der Waals surface area contributed by atoms with Crippen LogP contribution in [0.25, 0.3) is 17.2 Å². The van der Waals surface area contributed by atoms with E-state index < -0.39 is 0 Å². The summed E-state index contributed by atoms with van der Waals surface area (Å²) in [6.07, 6.45) is 1.90. The summed E-state index contributed by atoms with van der Waals surface area (Å²) >= 11 is 6.21. The van der Waals surface area contributed by atoms with E-state index in [1.54, 1.807) is 18.0 Å². The van der Waals surface area contributed by atoms with Gasteiger partial charge in [0.1, 0.15) is 11.6 Å². The Hall–Kier alpha value is -3.78. The van der Waals surface area contributed by atoms with Gasteiger partial charge < -0.3 is 10.1 Å². The number of nitrogens with one attached hydrogen (secondary N) is 1. The molecule has 32 heavy (non-hydrogen) atoms. The number of fused-ring (bicyclic) bond motifs is 1. The monoisotopic (exact) mass is 446 g/mol. The summed E-state index contributed by atoms with van der Waals surface area (Å²) in [5.74, 6) is 1.31. The maximum absolute atomic E-state index is 12.6. The normalized spacial score (nSPS) is 15.2. The van der Waals surface area contributed by atoms with Gasteiger partial charge in [0.25, 0.3) is 5.95 Å². The molecule has 1 aliphatic rings. The van der Waals surface area contributed by atoms with Crippen LogP contribution in [0.1, 0.15) is 29.2 Å². The van der Waals surface area contributed by atoms with Gasteiger partial charge in [0.15, 0.2) is 0 Å². The van der Waals surface area contributed by atoms with Gasteiger partial charge in [0.05, 0.1) is 24.7 Å². The fourth-order valence-electron chi connectivity index (χ4n) is 3.98. The van der Waals surface area contributed by atoms with Crippen molar-refractivity contribution in [2.45, 2.75) is 19.3 Å². The summed E-state index contributed by atoms with van der Waals surface area (Å²) in [5, 5.41) is 16.5. The first kappa shape index (κ1) is 20.1. The molecule has 2 aromatic carbocycles. The van der Waals surface area contributed by atoms with Crippen molar-refractivity contribution in [2.24, 2.45) is 0 Å². The van der Waals surface area contributed by atoms with Gasteiger partial charge in [-0.05, 0) is 48.9 Å². The highest BCUT2D eigenvalue weighted by Gasteiger charge is 2.33. The molecule has 0 saturated carbocycles. The van der Waals surface area contributed by atoms with E-state index in [2.05, 4.69) is 25.6 Å². The van der Waals surface area contributed by atoms with Crippen LogP contribution < -0.4 is 10.1 Å². The quantitative estimate of drug-likeness (QED) is 0.505. The molecule has 160 valence electrons. The van der Waals surface area contributed by atoms with E-state index in [0.717, 1.165) is 28.1 Å². The van der Waals surface area contributed by atoms with Crippen molar-refractivity contribution in [1.82, 2.24) is 25.0 Å². The van der Waals surface area contributed by atoms with Crippen LogP contribution in [0.2, 0.25) is 5.02 Å². The smallest absolute Gasteiger partial charge is 0.272 e. The zero-order valence-corrected chi connectivity index (χ0v) is 18.2. The zero-order valence-electron chi connectivity index (χ0n) is 17.4. The van der Waals surface area contributed by atoms with Crippen LogP contribution in [0.5, 0.6) is 5.75 Å². The van der Waals surface area contributed by atoms with Gasteiger partial charge >= 0.3 is 0 Å². The summed E-state index contributed by atoms with van der Waals surface area (Å²) < 4.78 is 6.76. The first-order valence-electron chi connectivity index (χ1n) is 10.0. The van der Waals surface area contributed by atoms with E-state index in [1.165, 1.54) is 0 Å². The van der Waals surface area contributed by atoms with E-state index in [1.807, 2.05) is 55.5 Å². The van der Waals surface area contributed by atoms with E-state index in [0.29, 0.717) is 23.0 Å². The Morgan fingerprint density at radius 1 is 1.19 bits per heavy atom. The summed E-state index contributed by atoms with van der Waals surface area (Å²) in [6, 6.07) is 15.1. The molecule has 4 aromatic rings. The first-order valence-corrected chi connectivity index (χ1v) is 10.4. The third kappa shape index (κ3) is 3.58. The number of rotatable bonds is 4. The molecule has 1 unspecified atom stereocenters. The first-order chi connectivity index (χ1) is 15.5. The number of ether oxygens (including phenoxy) is 1. The lowest BCUT2D eigenvalue weighted by atomic mass is 9.86. The lowest BCUT2D eigenvalue weighted by Gasteiger charge is -2.24. The number of methoxy groups -OCH3 is 1. The van der Waals surface area contributed by atoms with Crippen molar-refractivity contribution in [2.75, 3.05) is 12.4 Å². The second kappa shape index (κ2) is 8.05. The van der Waals surface area contributed by atoms with E-state index >= 15 is 0 Å². The van der Waals surface area contributed by atoms with Crippen molar-refractivity contribution in [1.29, 1.82) is 0 Å². The number of hydrogen-bond donors (Lipinski definition) is 1. The number of halogens is 1. The van der Waals surface area contributed by atoms with E-state index in [9.17, 15) is 4.79 Å². The molecule has 0 radical (unpaired) electrons. The number of carbonyl (C=O) groups is 1. The standard InChI is InChI=1S/C23H19ClN6O2/c1-13-21-18(15-4-3-5-16(24)10-15)11-20(31)27-22(21)30(29-13)23-26-19(12-25-28-23)14-6-8-17(32-2)9-7-14/h3-10,12,18H,11H2,1-2H3,(H,27,31). The second-order valence-electron chi connectivity index (χ2n) is 7.49. The lowest BCUT2D eigenvalue weighted by Crippen LogP contribution is -2.25. The van der Waals surface area contributed by atoms with E-state index in [-0.39, 0.29) is 17.8 Å². The Kier molecular flexibility index (Phi) is 5.07. The van der Waals surface area contributed by atoms with Crippen molar-refractivity contribution in [3.8, 4) is 23.0 Å². The topological polar surface area (TPSA) is 94.8 Å². The number of anilines is 1. The third-order valence-electron chi connectivity index (χ3n) is 5.48. The van der Waals surface area contributed by atoms with Crippen LogP contribution >= 0.6 is 11.6 Å². The minimum atomic E-state index is -0.163. The molecule has 0 fully saturated rings. The lowest BCUT2D eigenvalue weighted by molar-refractivity contribution is -0.116. The zero-order chi connectivity index (χ0) is 22.2. The molecule has 9 heteroatoms. The van der Waals surface area contributed by atoms with Crippen molar-refractivity contribution < 1.29 is 9.53 Å². The van der Waals surface area contributed by atoms with Gasteiger partial charge in [-0.3, -0.25) is 4.79 Å². The molecule has 0 spiro atoms. The SMILES string of the molecule is COc1ccc(-c2cnnc(-n3nc(C)c4c3NC(=O)CC4c3cccc(Cl)c3)n2)cc1. The maximum Gasteiger partial charge on any atom is 0.272 e. The van der Waals surface area contributed by atoms with Crippen LogP contribution in [0.3, 0.4) is 0 Å². The molecule has 5 rings (SSSR count). The Morgan fingerprint density at radius 2 is 2.00 bits per heavy atom. The summed E-state index contributed by atoms with van der Waals surface area (Å²) in [5.41, 5.74) is 4.16. The molecule has 0 bridgehead atoms. The predicted octanol–water partition coefficient (Wildman–Crippen LogP) is 4.17. The highest BCUT2D eigenvalue weighted by atomic mass is 35.5. The highest BCUT2D eigenvalue weighted by molar-refractivity contribution is 6.30. The van der Waals surface area contributed by atoms with Crippen LogP contribution in [0, 0.1) is 6.92 Å². The van der Waals surface area contributed by atoms with Crippen LogP contribution in [-0.2, 0) is 4.79 Å². The molecular weight excluding hydrogens is 428 g/mol. The summed E-state index contributed by atoms with van der Waals surface area (Å²) in [7, 11) is 1.62. The van der Waals surface area contributed by atoms with Crippen molar-refractivity contribution in [3.63, 3.8) is 0 Å². The summed E-state index contributed by atoms with van der Waals surface area (Å²) in [6.45, 7) is 1.91. The molecule has 8 nitrogen and oxygen atoms in total. The fourth-order valence-corrected chi connectivity index (χ4v) is 4.18. The van der Waals surface area contributed by atoms with Gasteiger partial charge in [-0.2, -0.15) is 14.9 Å². The number of aryl methyl sites for hydroxylation is 1. The average molecular weight is 447 g/mol. The van der Waals surface area contributed by atoms with Gasteiger partial charge in [0.2, 0.25) is 5.91 Å². The molecule has 0 aliphatic carbocycles. The number of nitrogens with zero attached hydrogens (tertiary/aromatic N) is 5. The maximum atomic E-state index is 12.6. The molecule has 3 heterocycles. The number of benzene rings is 2. The van der Waals surface area contributed by atoms with Crippen LogP contribution in [-0.4, -0.2) is 38.0 Å². The van der Waals surface area contributed by atoms with Gasteiger partial charge in [-0.25, -0.2) is 4.98 Å². The summed E-state index contributed by atoms with van der Waals surface area (Å²) in [4.78, 5) is 17.2. The Bertz CT molecular complexity index is 1320. The van der Waals surface area contributed by atoms with Crippen molar-refractivity contribution in [3.05, 3.63) is 76.6 Å². The molecule has 2 aromatic heterocycles. The van der Waals surface area contributed by atoms with Gasteiger partial charge in [0, 0.05) is 28.5 Å². The predicted molar refractivity (Wildman–Crippen MR) is 120 cm³/mol. The second-order valence-corrected chi connectivity index (χ2v) is 7.93. The van der Waals surface area contributed by atoms with Gasteiger partial charge in [-0.15, -0.1) is 5.10 Å². The van der Waals surface area contributed by atoms with Crippen LogP contribution in [0.4, 0.5) is 5.82 Å². The number of amides is 1. The molecule has 1 amide bonds. The molecule has 1 atom stereocenters. The molecule has 1 N–H and O–H groups in total. The molecular formula is C23H19ClN6O2. The van der Waals surface area contributed by atoms with Crippen LogP contribution in [0.15, 0.2) is 54.7 Å². The van der Waals surface area contributed by atoms with Gasteiger partial charge in [-0.1, -0.05) is 23.7 Å².